The van der Waals surface area contributed by atoms with E-state index in [1.165, 1.54) is 0 Å². The molecule has 2 saturated heterocycles. The van der Waals surface area contributed by atoms with Crippen LogP contribution in [0.3, 0.4) is 0 Å². The maximum absolute atomic E-state index is 12.9. The number of carbonyl (C=O) groups excluding carboxylic acids is 1. The molecule has 0 spiro atoms. The fourth-order valence-corrected chi connectivity index (χ4v) is 5.14. The molecular weight excluding hydrogens is 414 g/mol. The maximum Gasteiger partial charge on any atom is 0.225 e. The summed E-state index contributed by atoms with van der Waals surface area (Å²) >= 11 is 0. The van der Waals surface area contributed by atoms with Gasteiger partial charge in [0.2, 0.25) is 5.91 Å². The third-order valence-electron chi connectivity index (χ3n) is 6.78. The quantitative estimate of drug-likeness (QED) is 0.578. The first-order valence-electron chi connectivity index (χ1n) is 11.5. The molecule has 2 aromatic heterocycles. The van der Waals surface area contributed by atoms with Crippen LogP contribution in [0, 0.1) is 11.3 Å². The minimum Gasteiger partial charge on any atom is -0.373 e. The van der Waals surface area contributed by atoms with Gasteiger partial charge in [-0.2, -0.15) is 5.26 Å². The SMILES string of the molecule is CC(OCCC(=O)N1CC2CC[C@@H](C1)N2c1ccc(C#N)cn1)c1cccc2ncccc12. The van der Waals surface area contributed by atoms with E-state index in [4.69, 9.17) is 10.00 Å². The van der Waals surface area contributed by atoms with Crippen LogP contribution in [0.2, 0.25) is 0 Å². The normalized spacial score (nSPS) is 20.6. The molecule has 0 radical (unpaired) electrons. The van der Waals surface area contributed by atoms with E-state index in [2.05, 4.69) is 33.1 Å². The van der Waals surface area contributed by atoms with Crippen molar-refractivity contribution in [2.24, 2.45) is 0 Å². The second-order valence-electron chi connectivity index (χ2n) is 8.79. The van der Waals surface area contributed by atoms with Crippen molar-refractivity contribution in [1.82, 2.24) is 14.9 Å². The first kappa shape index (κ1) is 21.4. The second-order valence-corrected chi connectivity index (χ2v) is 8.79. The molecule has 7 heteroatoms. The van der Waals surface area contributed by atoms with Crippen molar-refractivity contribution in [3.63, 3.8) is 0 Å². The van der Waals surface area contributed by atoms with Crippen LogP contribution in [-0.2, 0) is 9.53 Å². The first-order valence-corrected chi connectivity index (χ1v) is 11.5. The third-order valence-corrected chi connectivity index (χ3v) is 6.78. The van der Waals surface area contributed by atoms with E-state index in [9.17, 15) is 4.79 Å². The van der Waals surface area contributed by atoms with Crippen LogP contribution in [0.4, 0.5) is 5.82 Å². The van der Waals surface area contributed by atoms with Crippen molar-refractivity contribution in [2.45, 2.75) is 44.4 Å². The Morgan fingerprint density at radius 1 is 1.15 bits per heavy atom. The van der Waals surface area contributed by atoms with Gasteiger partial charge in [0.1, 0.15) is 11.9 Å². The van der Waals surface area contributed by atoms with E-state index in [1.54, 1.807) is 12.4 Å². The highest BCUT2D eigenvalue weighted by Gasteiger charge is 2.41. The number of amides is 1. The predicted molar refractivity (Wildman–Crippen MR) is 126 cm³/mol. The van der Waals surface area contributed by atoms with Crippen molar-refractivity contribution in [3.8, 4) is 6.07 Å². The van der Waals surface area contributed by atoms with Crippen LogP contribution < -0.4 is 4.90 Å². The lowest BCUT2D eigenvalue weighted by atomic mass is 10.0. The monoisotopic (exact) mass is 441 g/mol. The molecule has 2 fully saturated rings. The van der Waals surface area contributed by atoms with Crippen LogP contribution in [0.1, 0.15) is 43.4 Å². The molecule has 3 atom stereocenters. The number of nitrogens with zero attached hydrogens (tertiary/aromatic N) is 5. The lowest BCUT2D eigenvalue weighted by Crippen LogP contribution is -2.55. The fraction of sp³-hybridized carbons (Fsp3) is 0.385. The average molecular weight is 442 g/mol. The van der Waals surface area contributed by atoms with E-state index < -0.39 is 0 Å². The van der Waals surface area contributed by atoms with Crippen molar-refractivity contribution >= 4 is 22.6 Å². The number of rotatable bonds is 6. The summed E-state index contributed by atoms with van der Waals surface area (Å²) in [4.78, 5) is 26.1. The van der Waals surface area contributed by atoms with Gasteiger partial charge in [-0.25, -0.2) is 4.98 Å². The molecule has 5 rings (SSSR count). The Morgan fingerprint density at radius 3 is 2.70 bits per heavy atom. The lowest BCUT2D eigenvalue weighted by Gasteiger charge is -2.41. The number of hydrogen-bond acceptors (Lipinski definition) is 6. The highest BCUT2D eigenvalue weighted by Crippen LogP contribution is 2.34. The number of carbonyl (C=O) groups is 1. The summed E-state index contributed by atoms with van der Waals surface area (Å²) in [5, 5.41) is 10.1. The van der Waals surface area contributed by atoms with Gasteiger partial charge in [0, 0.05) is 43.0 Å². The summed E-state index contributed by atoms with van der Waals surface area (Å²) < 4.78 is 6.06. The Kier molecular flexibility index (Phi) is 5.93. The van der Waals surface area contributed by atoms with Gasteiger partial charge in [-0.15, -0.1) is 0 Å². The van der Waals surface area contributed by atoms with Gasteiger partial charge in [-0.05, 0) is 49.6 Å². The first-order chi connectivity index (χ1) is 16.1. The van der Waals surface area contributed by atoms with Gasteiger partial charge in [-0.1, -0.05) is 18.2 Å². The van der Waals surface area contributed by atoms with Crippen molar-refractivity contribution < 1.29 is 9.53 Å². The fourth-order valence-electron chi connectivity index (χ4n) is 5.14. The molecule has 3 aromatic rings. The van der Waals surface area contributed by atoms with Crippen LogP contribution >= 0.6 is 0 Å². The Bertz CT molecular complexity index is 1170. The van der Waals surface area contributed by atoms with Gasteiger partial charge in [-0.3, -0.25) is 9.78 Å². The van der Waals surface area contributed by atoms with Crippen LogP contribution in [-0.4, -0.2) is 52.6 Å². The van der Waals surface area contributed by atoms with E-state index in [-0.39, 0.29) is 24.1 Å². The highest BCUT2D eigenvalue weighted by molar-refractivity contribution is 5.82. The molecular formula is C26H27N5O2. The van der Waals surface area contributed by atoms with E-state index in [0.29, 0.717) is 31.7 Å². The molecule has 168 valence electrons. The topological polar surface area (TPSA) is 82.4 Å². The van der Waals surface area contributed by atoms with E-state index in [0.717, 1.165) is 35.1 Å². The zero-order chi connectivity index (χ0) is 22.8. The van der Waals surface area contributed by atoms with Gasteiger partial charge in [0.15, 0.2) is 0 Å². The minimum absolute atomic E-state index is 0.110. The number of piperazine rings is 1. The van der Waals surface area contributed by atoms with Crippen molar-refractivity contribution in [2.75, 3.05) is 24.6 Å². The highest BCUT2D eigenvalue weighted by atomic mass is 16.5. The van der Waals surface area contributed by atoms with Gasteiger partial charge in [0.05, 0.1) is 30.2 Å². The molecule has 2 aliphatic heterocycles. The minimum atomic E-state index is -0.110. The van der Waals surface area contributed by atoms with Crippen molar-refractivity contribution in [3.05, 3.63) is 66.0 Å². The number of fused-ring (bicyclic) bond motifs is 3. The Morgan fingerprint density at radius 2 is 1.97 bits per heavy atom. The molecule has 0 aliphatic carbocycles. The van der Waals surface area contributed by atoms with E-state index in [1.807, 2.05) is 42.2 Å². The summed E-state index contributed by atoms with van der Waals surface area (Å²) in [6.07, 6.45) is 5.79. The number of ether oxygens (including phenoxy) is 1. The van der Waals surface area contributed by atoms with Crippen LogP contribution in [0.15, 0.2) is 54.9 Å². The zero-order valence-electron chi connectivity index (χ0n) is 18.7. The van der Waals surface area contributed by atoms with Gasteiger partial charge >= 0.3 is 0 Å². The number of pyridine rings is 2. The average Bonchev–Trinajstić information content (AvgIpc) is 3.12. The summed E-state index contributed by atoms with van der Waals surface area (Å²) in [6, 6.07) is 16.4. The molecule has 2 unspecified atom stereocenters. The molecule has 0 N–H and O–H groups in total. The summed E-state index contributed by atoms with van der Waals surface area (Å²) in [6.45, 7) is 3.84. The summed E-state index contributed by atoms with van der Waals surface area (Å²) in [5.74, 6) is 1.04. The van der Waals surface area contributed by atoms with E-state index >= 15 is 0 Å². The second kappa shape index (κ2) is 9.16. The number of hydrogen-bond donors (Lipinski definition) is 0. The molecule has 2 bridgehead atoms. The molecule has 33 heavy (non-hydrogen) atoms. The standard InChI is InChI=1S/C26H27N5O2/c1-18(22-4-2-6-24-23(22)5-3-12-28-24)33-13-11-26(32)30-16-20-8-9-21(17-30)31(20)25-10-7-19(14-27)15-29-25/h2-7,10,12,15,18,20-21H,8-9,11,13,16-17H2,1H3/t18?,20-,21?/m0/s1. The Balaban J connectivity index is 1.16. The lowest BCUT2D eigenvalue weighted by molar-refractivity contribution is -0.133. The molecule has 0 saturated carbocycles. The molecule has 1 aromatic carbocycles. The Labute approximate surface area is 193 Å². The molecule has 1 amide bonds. The Hall–Kier alpha value is -3.50. The van der Waals surface area contributed by atoms with Crippen LogP contribution in [0.5, 0.6) is 0 Å². The maximum atomic E-state index is 12.9. The third kappa shape index (κ3) is 4.27. The summed E-state index contributed by atoms with van der Waals surface area (Å²) in [7, 11) is 0. The predicted octanol–water partition coefficient (Wildman–Crippen LogP) is 3.85. The summed E-state index contributed by atoms with van der Waals surface area (Å²) in [5.41, 5.74) is 2.61. The largest absolute Gasteiger partial charge is 0.373 e. The van der Waals surface area contributed by atoms with Gasteiger partial charge < -0.3 is 14.5 Å². The van der Waals surface area contributed by atoms with Gasteiger partial charge in [0.25, 0.3) is 0 Å². The van der Waals surface area contributed by atoms with Crippen LogP contribution in [0.25, 0.3) is 10.9 Å². The number of nitriles is 1. The molecule has 7 nitrogen and oxygen atoms in total. The number of aromatic nitrogens is 2. The zero-order valence-corrected chi connectivity index (χ0v) is 18.7. The molecule has 2 aliphatic rings. The van der Waals surface area contributed by atoms with Crippen molar-refractivity contribution in [1.29, 1.82) is 5.26 Å². The molecule has 4 heterocycles. The smallest absolute Gasteiger partial charge is 0.225 e. The number of anilines is 1. The number of benzene rings is 1. The number of likely N-dealkylation sites (tertiary alicyclic amines) is 1.